The van der Waals surface area contributed by atoms with Gasteiger partial charge in [0.05, 0.1) is 12.1 Å². The van der Waals surface area contributed by atoms with Gasteiger partial charge in [-0.3, -0.25) is 0 Å². The summed E-state index contributed by atoms with van der Waals surface area (Å²) in [6.45, 7) is 0.224. The SMILES string of the molecule is NCC#Cc1ccc(Cl)cc1F. The predicted octanol–water partition coefficient (Wildman–Crippen LogP) is 1.79. The molecule has 0 heterocycles. The van der Waals surface area contributed by atoms with E-state index < -0.39 is 5.82 Å². The molecular weight excluding hydrogens is 177 g/mol. The Labute approximate surface area is 75.3 Å². The van der Waals surface area contributed by atoms with Gasteiger partial charge < -0.3 is 5.73 Å². The molecule has 1 rings (SSSR count). The molecule has 3 heteroatoms. The lowest BCUT2D eigenvalue weighted by atomic mass is 10.2. The Balaban J connectivity index is 3.01. The van der Waals surface area contributed by atoms with E-state index in [-0.39, 0.29) is 6.54 Å². The summed E-state index contributed by atoms with van der Waals surface area (Å²) in [4.78, 5) is 0. The molecule has 0 bridgehead atoms. The molecule has 1 aromatic rings. The third-order valence-electron chi connectivity index (χ3n) is 1.26. The minimum Gasteiger partial charge on any atom is -0.320 e. The summed E-state index contributed by atoms with van der Waals surface area (Å²) in [5.41, 5.74) is 5.46. The molecule has 0 aliphatic heterocycles. The molecule has 0 spiro atoms. The molecule has 0 amide bonds. The van der Waals surface area contributed by atoms with E-state index >= 15 is 0 Å². The highest BCUT2D eigenvalue weighted by Gasteiger charge is 1.98. The van der Waals surface area contributed by atoms with Gasteiger partial charge >= 0.3 is 0 Å². The Bertz CT molecular complexity index is 338. The third kappa shape index (κ3) is 2.23. The van der Waals surface area contributed by atoms with Crippen molar-refractivity contribution < 1.29 is 4.39 Å². The first-order valence-electron chi connectivity index (χ1n) is 3.38. The van der Waals surface area contributed by atoms with Gasteiger partial charge in [-0.2, -0.15) is 0 Å². The molecule has 1 aromatic carbocycles. The van der Waals surface area contributed by atoms with Crippen LogP contribution in [0.15, 0.2) is 18.2 Å². The van der Waals surface area contributed by atoms with E-state index in [1.165, 1.54) is 12.1 Å². The highest BCUT2D eigenvalue weighted by molar-refractivity contribution is 6.30. The number of hydrogen-bond acceptors (Lipinski definition) is 1. The van der Waals surface area contributed by atoms with E-state index in [0.717, 1.165) is 0 Å². The summed E-state index contributed by atoms with van der Waals surface area (Å²) in [6, 6.07) is 4.34. The Hall–Kier alpha value is -1.04. The maximum absolute atomic E-state index is 12.9. The number of rotatable bonds is 0. The van der Waals surface area contributed by atoms with Crippen LogP contribution in [0.3, 0.4) is 0 Å². The van der Waals surface area contributed by atoms with Gasteiger partial charge in [0.15, 0.2) is 0 Å². The second-order valence-corrected chi connectivity index (χ2v) is 2.57. The molecule has 0 aromatic heterocycles. The summed E-state index contributed by atoms with van der Waals surface area (Å²) >= 11 is 5.54. The largest absolute Gasteiger partial charge is 0.320 e. The monoisotopic (exact) mass is 183 g/mol. The fraction of sp³-hybridized carbons (Fsp3) is 0.111. The van der Waals surface area contributed by atoms with Gasteiger partial charge in [-0.05, 0) is 18.2 Å². The molecule has 0 aliphatic rings. The first-order valence-corrected chi connectivity index (χ1v) is 3.76. The van der Waals surface area contributed by atoms with Crippen LogP contribution >= 0.6 is 11.6 Å². The zero-order valence-electron chi connectivity index (χ0n) is 6.27. The highest BCUT2D eigenvalue weighted by Crippen LogP contribution is 2.13. The van der Waals surface area contributed by atoms with Crippen LogP contribution in [0.4, 0.5) is 4.39 Å². The van der Waals surface area contributed by atoms with Crippen LogP contribution in [0.1, 0.15) is 5.56 Å². The van der Waals surface area contributed by atoms with Crippen LogP contribution < -0.4 is 5.73 Å². The molecule has 2 N–H and O–H groups in total. The van der Waals surface area contributed by atoms with Gasteiger partial charge in [-0.15, -0.1) is 0 Å². The lowest BCUT2D eigenvalue weighted by Crippen LogP contribution is -1.93. The van der Waals surface area contributed by atoms with Crippen LogP contribution in [0.5, 0.6) is 0 Å². The van der Waals surface area contributed by atoms with Crippen molar-refractivity contribution in [2.45, 2.75) is 0 Å². The third-order valence-corrected chi connectivity index (χ3v) is 1.49. The summed E-state index contributed by atoms with van der Waals surface area (Å²) in [6.07, 6.45) is 0. The fourth-order valence-corrected chi connectivity index (χ4v) is 0.896. The van der Waals surface area contributed by atoms with Crippen molar-refractivity contribution >= 4 is 11.6 Å². The van der Waals surface area contributed by atoms with Crippen LogP contribution in [0, 0.1) is 17.7 Å². The fourth-order valence-electron chi connectivity index (χ4n) is 0.737. The Morgan fingerprint density at radius 3 is 2.83 bits per heavy atom. The van der Waals surface area contributed by atoms with Gasteiger partial charge in [0.1, 0.15) is 5.82 Å². The van der Waals surface area contributed by atoms with E-state index in [1.54, 1.807) is 6.07 Å². The van der Waals surface area contributed by atoms with Gasteiger partial charge in [0.2, 0.25) is 0 Å². The maximum atomic E-state index is 12.9. The van der Waals surface area contributed by atoms with Crippen molar-refractivity contribution in [3.63, 3.8) is 0 Å². The van der Waals surface area contributed by atoms with Crippen LogP contribution in [0.2, 0.25) is 5.02 Å². The molecular formula is C9H7ClFN. The molecule has 62 valence electrons. The molecule has 0 aliphatic carbocycles. The van der Waals surface area contributed by atoms with Gasteiger partial charge in [0.25, 0.3) is 0 Å². The zero-order chi connectivity index (χ0) is 8.97. The number of hydrogen-bond donors (Lipinski definition) is 1. The second kappa shape index (κ2) is 4.10. The average molecular weight is 184 g/mol. The lowest BCUT2D eigenvalue weighted by molar-refractivity contribution is 0.624. The van der Waals surface area contributed by atoms with Gasteiger partial charge in [-0.1, -0.05) is 23.4 Å². The van der Waals surface area contributed by atoms with Gasteiger partial charge in [-0.25, -0.2) is 4.39 Å². The zero-order valence-corrected chi connectivity index (χ0v) is 7.03. The first-order chi connectivity index (χ1) is 5.74. The molecule has 0 saturated carbocycles. The van der Waals surface area contributed by atoms with Crippen molar-refractivity contribution in [2.75, 3.05) is 6.54 Å². The minimum atomic E-state index is -0.413. The minimum absolute atomic E-state index is 0.224. The quantitative estimate of drug-likeness (QED) is 0.610. The van der Waals surface area contributed by atoms with Crippen molar-refractivity contribution in [3.8, 4) is 11.8 Å². The summed E-state index contributed by atoms with van der Waals surface area (Å²) in [7, 11) is 0. The molecule has 0 radical (unpaired) electrons. The molecule has 0 unspecified atom stereocenters. The normalized spacial score (nSPS) is 8.92. The lowest BCUT2D eigenvalue weighted by Gasteiger charge is -1.93. The van der Waals surface area contributed by atoms with E-state index in [9.17, 15) is 4.39 Å². The topological polar surface area (TPSA) is 26.0 Å². The molecule has 0 saturated heterocycles. The summed E-state index contributed by atoms with van der Waals surface area (Å²) in [5.74, 6) is 4.74. The Morgan fingerprint density at radius 2 is 2.25 bits per heavy atom. The number of nitrogens with two attached hydrogens (primary N) is 1. The summed E-state index contributed by atoms with van der Waals surface area (Å²) in [5, 5.41) is 0.366. The van der Waals surface area contributed by atoms with E-state index in [1.807, 2.05) is 0 Å². The Kier molecular flexibility index (Phi) is 3.09. The second-order valence-electron chi connectivity index (χ2n) is 2.13. The smallest absolute Gasteiger partial charge is 0.140 e. The molecule has 12 heavy (non-hydrogen) atoms. The number of benzene rings is 1. The Morgan fingerprint density at radius 1 is 1.50 bits per heavy atom. The predicted molar refractivity (Wildman–Crippen MR) is 47.3 cm³/mol. The molecule has 1 nitrogen and oxygen atoms in total. The maximum Gasteiger partial charge on any atom is 0.140 e. The van der Waals surface area contributed by atoms with Crippen LogP contribution in [-0.2, 0) is 0 Å². The standard InChI is InChI=1S/C9H7ClFN/c10-8-4-3-7(2-1-5-12)9(11)6-8/h3-4,6H,5,12H2. The summed E-state index contributed by atoms with van der Waals surface area (Å²) < 4.78 is 12.9. The van der Waals surface area contributed by atoms with Crippen molar-refractivity contribution in [1.29, 1.82) is 0 Å². The van der Waals surface area contributed by atoms with E-state index in [2.05, 4.69) is 11.8 Å². The van der Waals surface area contributed by atoms with Crippen molar-refractivity contribution in [3.05, 3.63) is 34.6 Å². The molecule has 0 fully saturated rings. The van der Waals surface area contributed by atoms with Gasteiger partial charge in [0, 0.05) is 5.02 Å². The van der Waals surface area contributed by atoms with E-state index in [0.29, 0.717) is 10.6 Å². The van der Waals surface area contributed by atoms with Crippen LogP contribution in [-0.4, -0.2) is 6.54 Å². The molecule has 0 atom stereocenters. The average Bonchev–Trinajstić information content (AvgIpc) is 2.03. The van der Waals surface area contributed by atoms with Crippen molar-refractivity contribution in [1.82, 2.24) is 0 Å². The highest BCUT2D eigenvalue weighted by atomic mass is 35.5. The number of halogens is 2. The van der Waals surface area contributed by atoms with Crippen LogP contribution in [0.25, 0.3) is 0 Å². The van der Waals surface area contributed by atoms with Crippen molar-refractivity contribution in [2.24, 2.45) is 5.73 Å². The first kappa shape index (κ1) is 9.05. The van der Waals surface area contributed by atoms with E-state index in [4.69, 9.17) is 17.3 Å².